The van der Waals surface area contributed by atoms with E-state index in [-0.39, 0.29) is 23.8 Å². The van der Waals surface area contributed by atoms with Crippen LogP contribution in [0.4, 0.5) is 0 Å². The highest BCUT2D eigenvalue weighted by molar-refractivity contribution is 5.94. The van der Waals surface area contributed by atoms with Crippen molar-refractivity contribution in [2.45, 2.75) is 57.7 Å². The second kappa shape index (κ2) is 7.53. The minimum Gasteiger partial charge on any atom is -0.493 e. The van der Waals surface area contributed by atoms with Crippen molar-refractivity contribution < 1.29 is 23.8 Å². The summed E-state index contributed by atoms with van der Waals surface area (Å²) in [6.07, 6.45) is 2.85. The SMILES string of the molecule is COc1cc(C(C(=O)NC(C)(C)C)N2C(=O)[C@@H]3CCC[C@@H]32)cc(OC)c1OC. The van der Waals surface area contributed by atoms with Gasteiger partial charge in [0, 0.05) is 11.6 Å². The van der Waals surface area contributed by atoms with E-state index in [1.165, 1.54) is 21.3 Å². The highest BCUT2D eigenvalue weighted by Crippen LogP contribution is 2.47. The molecule has 1 aromatic carbocycles. The zero-order valence-electron chi connectivity index (χ0n) is 17.5. The molecule has 1 aliphatic heterocycles. The topological polar surface area (TPSA) is 77.1 Å². The van der Waals surface area contributed by atoms with Gasteiger partial charge in [0.1, 0.15) is 6.04 Å². The molecule has 1 saturated heterocycles. The van der Waals surface area contributed by atoms with Gasteiger partial charge in [0.15, 0.2) is 11.5 Å². The predicted octanol–water partition coefficient (Wildman–Crippen LogP) is 2.68. The number of amides is 2. The molecular weight excluding hydrogens is 360 g/mol. The molecule has 0 aromatic heterocycles. The first-order chi connectivity index (χ1) is 13.2. The Bertz CT molecular complexity index is 746. The van der Waals surface area contributed by atoms with E-state index in [4.69, 9.17) is 14.2 Å². The summed E-state index contributed by atoms with van der Waals surface area (Å²) in [5, 5.41) is 3.03. The number of hydrogen-bond acceptors (Lipinski definition) is 5. The minimum absolute atomic E-state index is 0.0466. The Labute approximate surface area is 166 Å². The van der Waals surface area contributed by atoms with Crippen LogP contribution in [0.3, 0.4) is 0 Å². The van der Waals surface area contributed by atoms with Crippen molar-refractivity contribution in [3.05, 3.63) is 17.7 Å². The van der Waals surface area contributed by atoms with Crippen molar-refractivity contribution in [1.82, 2.24) is 10.2 Å². The van der Waals surface area contributed by atoms with Crippen molar-refractivity contribution in [3.63, 3.8) is 0 Å². The third kappa shape index (κ3) is 3.50. The van der Waals surface area contributed by atoms with Gasteiger partial charge in [-0.1, -0.05) is 6.42 Å². The fourth-order valence-corrected chi connectivity index (χ4v) is 4.29. The van der Waals surface area contributed by atoms with Crippen molar-refractivity contribution in [3.8, 4) is 17.2 Å². The molecule has 3 atom stereocenters. The highest BCUT2D eigenvalue weighted by Gasteiger charge is 2.54. The van der Waals surface area contributed by atoms with E-state index in [9.17, 15) is 9.59 Å². The Kier molecular flexibility index (Phi) is 5.46. The maximum absolute atomic E-state index is 13.3. The molecule has 3 rings (SSSR count). The monoisotopic (exact) mass is 390 g/mol. The second-order valence-corrected chi connectivity index (χ2v) is 8.45. The summed E-state index contributed by atoms with van der Waals surface area (Å²) in [4.78, 5) is 27.8. The Morgan fingerprint density at radius 1 is 1.11 bits per heavy atom. The molecule has 2 fully saturated rings. The molecule has 2 aliphatic rings. The molecule has 1 heterocycles. The van der Waals surface area contributed by atoms with Gasteiger partial charge in [-0.3, -0.25) is 9.59 Å². The van der Waals surface area contributed by atoms with Crippen LogP contribution in [0.5, 0.6) is 17.2 Å². The summed E-state index contributed by atoms with van der Waals surface area (Å²) in [7, 11) is 4.60. The van der Waals surface area contributed by atoms with E-state index in [1.807, 2.05) is 20.8 Å². The van der Waals surface area contributed by atoms with Gasteiger partial charge < -0.3 is 24.4 Å². The normalized spacial score (nSPS) is 22.2. The maximum Gasteiger partial charge on any atom is 0.247 e. The number of likely N-dealkylation sites (tertiary alicyclic amines) is 1. The van der Waals surface area contributed by atoms with Crippen LogP contribution in [0.1, 0.15) is 51.6 Å². The van der Waals surface area contributed by atoms with Gasteiger partial charge in [0.2, 0.25) is 17.6 Å². The van der Waals surface area contributed by atoms with E-state index in [1.54, 1.807) is 17.0 Å². The van der Waals surface area contributed by atoms with Gasteiger partial charge in [0.25, 0.3) is 0 Å². The van der Waals surface area contributed by atoms with Gasteiger partial charge in [-0.25, -0.2) is 0 Å². The van der Waals surface area contributed by atoms with Crippen molar-refractivity contribution >= 4 is 11.8 Å². The van der Waals surface area contributed by atoms with Gasteiger partial charge >= 0.3 is 0 Å². The van der Waals surface area contributed by atoms with Crippen LogP contribution >= 0.6 is 0 Å². The number of carbonyl (C=O) groups is 2. The number of nitrogens with zero attached hydrogens (tertiary/aromatic N) is 1. The van der Waals surface area contributed by atoms with Crippen molar-refractivity contribution in [1.29, 1.82) is 0 Å². The lowest BCUT2D eigenvalue weighted by atomic mass is 9.86. The summed E-state index contributed by atoms with van der Waals surface area (Å²) < 4.78 is 16.3. The number of rotatable bonds is 6. The molecule has 1 saturated carbocycles. The van der Waals surface area contributed by atoms with Crippen LogP contribution in [-0.2, 0) is 9.59 Å². The summed E-state index contributed by atoms with van der Waals surface area (Å²) >= 11 is 0. The third-order valence-electron chi connectivity index (χ3n) is 5.44. The largest absolute Gasteiger partial charge is 0.493 e. The van der Waals surface area contributed by atoms with Crippen LogP contribution in [-0.4, -0.2) is 49.6 Å². The number of β-lactam (4-membered cyclic amide) rings is 1. The Morgan fingerprint density at radius 2 is 1.71 bits per heavy atom. The maximum atomic E-state index is 13.3. The smallest absolute Gasteiger partial charge is 0.247 e. The lowest BCUT2D eigenvalue weighted by Crippen LogP contribution is -2.62. The number of carbonyl (C=O) groups excluding carboxylic acids is 2. The molecule has 154 valence electrons. The van der Waals surface area contributed by atoms with Crippen molar-refractivity contribution in [2.24, 2.45) is 5.92 Å². The van der Waals surface area contributed by atoms with E-state index < -0.39 is 11.6 Å². The molecule has 28 heavy (non-hydrogen) atoms. The number of fused-ring (bicyclic) bond motifs is 1. The van der Waals surface area contributed by atoms with Crippen LogP contribution in [0.15, 0.2) is 12.1 Å². The molecule has 1 unspecified atom stereocenters. The summed E-state index contributed by atoms with van der Waals surface area (Å²) in [6.45, 7) is 5.77. The molecule has 1 N–H and O–H groups in total. The molecule has 0 bridgehead atoms. The number of methoxy groups -OCH3 is 3. The van der Waals surface area contributed by atoms with Crippen LogP contribution in [0.25, 0.3) is 0 Å². The van der Waals surface area contributed by atoms with Gasteiger partial charge in [-0.2, -0.15) is 0 Å². The lowest BCUT2D eigenvalue weighted by molar-refractivity contribution is -0.163. The average molecular weight is 390 g/mol. The molecule has 7 nitrogen and oxygen atoms in total. The zero-order valence-corrected chi connectivity index (χ0v) is 17.5. The van der Waals surface area contributed by atoms with Gasteiger partial charge in [-0.15, -0.1) is 0 Å². The lowest BCUT2D eigenvalue weighted by Gasteiger charge is -2.48. The van der Waals surface area contributed by atoms with Gasteiger partial charge in [-0.05, 0) is 51.3 Å². The summed E-state index contributed by atoms with van der Waals surface area (Å²) in [5.41, 5.74) is 0.230. The molecule has 0 radical (unpaired) electrons. The zero-order chi connectivity index (χ0) is 20.6. The quantitative estimate of drug-likeness (QED) is 0.756. The van der Waals surface area contributed by atoms with Crippen LogP contribution in [0.2, 0.25) is 0 Å². The Balaban J connectivity index is 2.06. The van der Waals surface area contributed by atoms with E-state index >= 15 is 0 Å². The average Bonchev–Trinajstić information content (AvgIpc) is 3.07. The number of benzene rings is 1. The minimum atomic E-state index is -0.736. The highest BCUT2D eigenvalue weighted by atomic mass is 16.5. The van der Waals surface area contributed by atoms with E-state index in [2.05, 4.69) is 5.32 Å². The fourth-order valence-electron chi connectivity index (χ4n) is 4.29. The van der Waals surface area contributed by atoms with Crippen LogP contribution < -0.4 is 19.5 Å². The number of hydrogen-bond donors (Lipinski definition) is 1. The first-order valence-corrected chi connectivity index (χ1v) is 9.66. The molecule has 7 heteroatoms. The summed E-state index contributed by atoms with van der Waals surface area (Å²) in [6, 6.07) is 2.88. The number of nitrogens with one attached hydrogen (secondary N) is 1. The van der Waals surface area contributed by atoms with E-state index in [0.29, 0.717) is 22.8 Å². The third-order valence-corrected chi connectivity index (χ3v) is 5.44. The molecule has 1 aliphatic carbocycles. The van der Waals surface area contributed by atoms with E-state index in [0.717, 1.165) is 19.3 Å². The Hall–Kier alpha value is -2.44. The molecule has 0 spiro atoms. The Morgan fingerprint density at radius 3 is 2.21 bits per heavy atom. The molecular formula is C21H30N2O5. The molecule has 2 amide bonds. The second-order valence-electron chi connectivity index (χ2n) is 8.45. The molecule has 1 aromatic rings. The number of ether oxygens (including phenoxy) is 3. The summed E-state index contributed by atoms with van der Waals surface area (Å²) in [5.74, 6) is 1.26. The first kappa shape index (κ1) is 20.3. The first-order valence-electron chi connectivity index (χ1n) is 9.66. The van der Waals surface area contributed by atoms with Crippen molar-refractivity contribution in [2.75, 3.05) is 21.3 Å². The van der Waals surface area contributed by atoms with Crippen LogP contribution in [0, 0.1) is 5.92 Å². The fraction of sp³-hybridized carbons (Fsp3) is 0.619. The predicted molar refractivity (Wildman–Crippen MR) is 105 cm³/mol. The van der Waals surface area contributed by atoms with Gasteiger partial charge in [0.05, 0.1) is 27.2 Å². The standard InChI is InChI=1S/C21H30N2O5/c1-21(2,3)22-19(24)17(23-14-9-7-8-13(14)20(23)25)12-10-15(26-4)18(28-6)16(11-12)27-5/h10-11,13-14,17H,7-9H2,1-6H3,(H,22,24)/t13-,14+,17?/m1/s1.